The fourth-order valence-electron chi connectivity index (χ4n) is 3.45. The number of hydrogen-bond donors (Lipinski definition) is 0. The minimum absolute atomic E-state index is 0.0303. The molecule has 2 heterocycles. The van der Waals surface area contributed by atoms with Gasteiger partial charge in [0.15, 0.2) is 0 Å². The van der Waals surface area contributed by atoms with Gasteiger partial charge in [0.1, 0.15) is 11.5 Å². The molecule has 7 heteroatoms. The van der Waals surface area contributed by atoms with Crippen LogP contribution in [0.25, 0.3) is 0 Å². The molecule has 1 aliphatic rings. The molecule has 1 aliphatic heterocycles. The summed E-state index contributed by atoms with van der Waals surface area (Å²) in [4.78, 5) is 27.9. The maximum Gasteiger partial charge on any atom is 0.272 e. The maximum atomic E-state index is 13.1. The Kier molecular flexibility index (Phi) is 6.79. The highest BCUT2D eigenvalue weighted by molar-refractivity contribution is 5.92. The topological polar surface area (TPSA) is 52.6 Å². The number of piperazine rings is 1. The van der Waals surface area contributed by atoms with Gasteiger partial charge in [0.2, 0.25) is 5.95 Å². The minimum atomic E-state index is -0.225. The third-order valence-electron chi connectivity index (χ3n) is 4.89. The van der Waals surface area contributed by atoms with Crippen molar-refractivity contribution in [1.29, 1.82) is 0 Å². The van der Waals surface area contributed by atoms with Crippen molar-refractivity contribution in [2.24, 2.45) is 0 Å². The number of nitrogens with zero attached hydrogens (tertiary/aromatic N) is 5. The zero-order chi connectivity index (χ0) is 19.9. The number of anilines is 2. The molecule has 1 saturated heterocycles. The van der Waals surface area contributed by atoms with Crippen LogP contribution < -0.4 is 9.80 Å². The molecular weight excluding hydrogens is 357 g/mol. The molecular formula is C21H28FN5O. The summed E-state index contributed by atoms with van der Waals surface area (Å²) in [6, 6.07) is 8.27. The number of carbonyl (C=O) groups is 1. The van der Waals surface area contributed by atoms with E-state index in [1.165, 1.54) is 12.1 Å². The second-order valence-electron chi connectivity index (χ2n) is 6.98. The number of carbonyl (C=O) groups excluding carboxylic acids is 1. The number of aromatic nitrogens is 2. The molecule has 0 atom stereocenters. The van der Waals surface area contributed by atoms with E-state index in [1.807, 2.05) is 4.90 Å². The maximum absolute atomic E-state index is 13.1. The summed E-state index contributed by atoms with van der Waals surface area (Å²) in [5, 5.41) is 0. The summed E-state index contributed by atoms with van der Waals surface area (Å²) in [6.07, 6.45) is 3.52. The second-order valence-corrected chi connectivity index (χ2v) is 6.98. The summed E-state index contributed by atoms with van der Waals surface area (Å²) in [5.74, 6) is 0.340. The number of rotatable bonds is 7. The van der Waals surface area contributed by atoms with E-state index in [0.29, 0.717) is 11.6 Å². The standard InChI is InChI=1S/C21H28FN5O/c1-3-11-26(12-4-2)20(28)19-9-10-23-21(24-19)27-15-13-25(14-16-27)18-7-5-17(22)6-8-18/h5-10H,3-4,11-16H2,1-2H3. The van der Waals surface area contributed by atoms with Gasteiger partial charge in [-0.2, -0.15) is 0 Å². The van der Waals surface area contributed by atoms with Gasteiger partial charge in [0.25, 0.3) is 5.91 Å². The lowest BCUT2D eigenvalue weighted by Crippen LogP contribution is -2.47. The second kappa shape index (κ2) is 9.48. The van der Waals surface area contributed by atoms with Crippen molar-refractivity contribution < 1.29 is 9.18 Å². The third-order valence-corrected chi connectivity index (χ3v) is 4.89. The molecule has 2 aromatic rings. The highest BCUT2D eigenvalue weighted by atomic mass is 19.1. The van der Waals surface area contributed by atoms with Crippen LogP contribution in [-0.2, 0) is 0 Å². The fourth-order valence-corrected chi connectivity index (χ4v) is 3.45. The Labute approximate surface area is 166 Å². The lowest BCUT2D eigenvalue weighted by atomic mass is 10.2. The van der Waals surface area contributed by atoms with Crippen molar-refractivity contribution in [2.75, 3.05) is 49.1 Å². The molecule has 1 aromatic carbocycles. The van der Waals surface area contributed by atoms with Crippen molar-refractivity contribution in [3.05, 3.63) is 48.0 Å². The van der Waals surface area contributed by atoms with Gasteiger partial charge in [-0.1, -0.05) is 13.8 Å². The SMILES string of the molecule is CCCN(CCC)C(=O)c1ccnc(N2CCN(c3ccc(F)cc3)CC2)n1. The molecule has 1 aromatic heterocycles. The van der Waals surface area contributed by atoms with Crippen molar-refractivity contribution in [2.45, 2.75) is 26.7 Å². The smallest absolute Gasteiger partial charge is 0.272 e. The Balaban J connectivity index is 1.66. The van der Waals surface area contributed by atoms with Crippen molar-refractivity contribution >= 4 is 17.5 Å². The van der Waals surface area contributed by atoms with Crippen molar-refractivity contribution in [3.63, 3.8) is 0 Å². The van der Waals surface area contributed by atoms with E-state index in [4.69, 9.17) is 0 Å². The zero-order valence-corrected chi connectivity index (χ0v) is 16.6. The van der Waals surface area contributed by atoms with Crippen LogP contribution >= 0.6 is 0 Å². The van der Waals surface area contributed by atoms with Gasteiger partial charge in [0.05, 0.1) is 0 Å². The van der Waals surface area contributed by atoms with E-state index in [9.17, 15) is 9.18 Å². The Morgan fingerprint density at radius 3 is 2.21 bits per heavy atom. The first-order valence-electron chi connectivity index (χ1n) is 10.00. The molecule has 150 valence electrons. The van der Waals surface area contributed by atoms with Gasteiger partial charge in [0, 0.05) is 51.2 Å². The van der Waals surface area contributed by atoms with Crippen LogP contribution in [0.3, 0.4) is 0 Å². The number of hydrogen-bond acceptors (Lipinski definition) is 5. The van der Waals surface area contributed by atoms with Crippen LogP contribution in [0.4, 0.5) is 16.0 Å². The first kappa shape index (κ1) is 20.0. The van der Waals surface area contributed by atoms with E-state index in [0.717, 1.165) is 57.8 Å². The van der Waals surface area contributed by atoms with E-state index >= 15 is 0 Å². The molecule has 0 aliphatic carbocycles. The van der Waals surface area contributed by atoms with Gasteiger partial charge in [-0.05, 0) is 43.2 Å². The van der Waals surface area contributed by atoms with Crippen molar-refractivity contribution in [1.82, 2.24) is 14.9 Å². The largest absolute Gasteiger partial charge is 0.368 e. The molecule has 1 amide bonds. The normalized spacial score (nSPS) is 14.2. The van der Waals surface area contributed by atoms with Crippen molar-refractivity contribution in [3.8, 4) is 0 Å². The number of halogens is 1. The Bertz CT molecular complexity index is 769. The molecule has 0 unspecified atom stereocenters. The van der Waals surface area contributed by atoms with Gasteiger partial charge in [-0.25, -0.2) is 14.4 Å². The molecule has 28 heavy (non-hydrogen) atoms. The molecule has 0 radical (unpaired) electrons. The molecule has 0 saturated carbocycles. The van der Waals surface area contributed by atoms with Crippen LogP contribution in [0.1, 0.15) is 37.2 Å². The first-order valence-corrected chi connectivity index (χ1v) is 10.00. The molecule has 1 fully saturated rings. The quantitative estimate of drug-likeness (QED) is 0.733. The summed E-state index contributed by atoms with van der Waals surface area (Å²) < 4.78 is 13.1. The molecule has 0 N–H and O–H groups in total. The first-order chi connectivity index (χ1) is 13.6. The minimum Gasteiger partial charge on any atom is -0.368 e. The monoisotopic (exact) mass is 385 g/mol. The number of amides is 1. The van der Waals surface area contributed by atoms with Crippen LogP contribution in [0.5, 0.6) is 0 Å². The Hall–Kier alpha value is -2.70. The molecule has 3 rings (SSSR count). The zero-order valence-electron chi connectivity index (χ0n) is 16.6. The molecule has 6 nitrogen and oxygen atoms in total. The predicted octanol–water partition coefficient (Wildman–Crippen LogP) is 3.20. The molecule has 0 spiro atoms. The van der Waals surface area contributed by atoms with Crippen LogP contribution in [0.2, 0.25) is 0 Å². The lowest BCUT2D eigenvalue weighted by Gasteiger charge is -2.36. The van der Waals surface area contributed by atoms with E-state index in [2.05, 4.69) is 33.6 Å². The number of benzene rings is 1. The lowest BCUT2D eigenvalue weighted by molar-refractivity contribution is 0.0749. The predicted molar refractivity (Wildman–Crippen MR) is 109 cm³/mol. The van der Waals surface area contributed by atoms with Crippen LogP contribution in [-0.4, -0.2) is 60.0 Å². The summed E-state index contributed by atoms with van der Waals surface area (Å²) in [5.41, 5.74) is 1.47. The fraction of sp³-hybridized carbons (Fsp3) is 0.476. The third kappa shape index (κ3) is 4.77. The Morgan fingerprint density at radius 2 is 1.61 bits per heavy atom. The summed E-state index contributed by atoms with van der Waals surface area (Å²) in [7, 11) is 0. The molecule has 0 bridgehead atoms. The van der Waals surface area contributed by atoms with Crippen LogP contribution in [0, 0.1) is 5.82 Å². The van der Waals surface area contributed by atoms with Gasteiger partial charge < -0.3 is 14.7 Å². The van der Waals surface area contributed by atoms with E-state index < -0.39 is 0 Å². The summed E-state index contributed by atoms with van der Waals surface area (Å²) >= 11 is 0. The highest BCUT2D eigenvalue weighted by Crippen LogP contribution is 2.19. The van der Waals surface area contributed by atoms with E-state index in [-0.39, 0.29) is 11.7 Å². The van der Waals surface area contributed by atoms with Gasteiger partial charge in [-0.3, -0.25) is 4.79 Å². The average molecular weight is 385 g/mol. The van der Waals surface area contributed by atoms with Gasteiger partial charge >= 0.3 is 0 Å². The highest BCUT2D eigenvalue weighted by Gasteiger charge is 2.22. The van der Waals surface area contributed by atoms with Gasteiger partial charge in [-0.15, -0.1) is 0 Å². The average Bonchev–Trinajstić information content (AvgIpc) is 2.74. The summed E-state index contributed by atoms with van der Waals surface area (Å²) in [6.45, 7) is 8.72. The van der Waals surface area contributed by atoms with Crippen LogP contribution in [0.15, 0.2) is 36.5 Å². The van der Waals surface area contributed by atoms with E-state index in [1.54, 1.807) is 24.4 Å². The Morgan fingerprint density at radius 1 is 1.00 bits per heavy atom.